The van der Waals surface area contributed by atoms with Crippen LogP contribution in [0.4, 0.5) is 0 Å². The predicted molar refractivity (Wildman–Crippen MR) is 132 cm³/mol. The Kier molecular flexibility index (Phi) is 6.45. The monoisotopic (exact) mass is 519 g/mol. The van der Waals surface area contributed by atoms with Crippen LogP contribution >= 0.6 is 6.83 Å². The molecule has 1 N–H and O–H groups in total. The second kappa shape index (κ2) is 9.56. The number of rotatable bonds is 8. The number of hydrogen-bond acceptors (Lipinski definition) is 6. The summed E-state index contributed by atoms with van der Waals surface area (Å²) >= 11 is 0. The first-order valence-corrected chi connectivity index (χ1v) is 14.8. The van der Waals surface area contributed by atoms with E-state index in [0.717, 1.165) is 5.56 Å². The van der Waals surface area contributed by atoms with Crippen LogP contribution in [0.2, 0.25) is 0 Å². The number of hydrogen-bond donors (Lipinski definition) is 1. The average molecular weight is 520 g/mol. The van der Waals surface area contributed by atoms with Crippen LogP contribution in [0.25, 0.3) is 11.4 Å². The fourth-order valence-electron chi connectivity index (χ4n) is 4.65. The summed E-state index contributed by atoms with van der Waals surface area (Å²) in [5.74, 6) is 0.848. The molecule has 0 amide bonds. The van der Waals surface area contributed by atoms with Crippen molar-refractivity contribution in [2.75, 3.05) is 0 Å². The molecule has 0 atom stereocenters. The first-order chi connectivity index (χ1) is 17.4. The maximum absolute atomic E-state index is 12.6. The van der Waals surface area contributed by atoms with Gasteiger partial charge in [-0.2, -0.15) is 0 Å². The second-order valence-electron chi connectivity index (χ2n) is 8.30. The Morgan fingerprint density at radius 1 is 0.639 bits per heavy atom. The molecule has 0 saturated heterocycles. The molecular weight excluding hydrogens is 497 g/mol. The second-order valence-corrected chi connectivity index (χ2v) is 13.9. The van der Waals surface area contributed by atoms with Crippen molar-refractivity contribution in [1.82, 2.24) is 15.2 Å². The number of halogens is 1. The molecule has 0 spiro atoms. The van der Waals surface area contributed by atoms with Crippen LogP contribution in [0, 0.1) is 10.2 Å². The van der Waals surface area contributed by atoms with Gasteiger partial charge in [-0.3, -0.25) is 0 Å². The summed E-state index contributed by atoms with van der Waals surface area (Å²) in [6.45, 7) is -4.51. The summed E-state index contributed by atoms with van der Waals surface area (Å²) in [5.41, 5.74) is 0.801. The summed E-state index contributed by atoms with van der Waals surface area (Å²) in [6, 6.07) is 36.5. The molecule has 0 bridgehead atoms. The van der Waals surface area contributed by atoms with Crippen LogP contribution < -0.4 is 29.9 Å². The van der Waals surface area contributed by atoms with Crippen LogP contribution in [-0.2, 0) is 10.2 Å². The van der Waals surface area contributed by atoms with Gasteiger partial charge in [0.1, 0.15) is 0 Å². The van der Waals surface area contributed by atoms with Gasteiger partial charge in [-0.25, -0.2) is 0 Å². The molecule has 182 valence electrons. The molecule has 4 aromatic carbocycles. The van der Waals surface area contributed by atoms with Gasteiger partial charge in [0.05, 0.1) is 0 Å². The van der Waals surface area contributed by atoms with E-state index < -0.39 is 17.1 Å². The van der Waals surface area contributed by atoms with Gasteiger partial charge in [-0.05, 0) is 0 Å². The topological polar surface area (TPSA) is 120 Å². The third kappa shape index (κ3) is 4.33. The van der Waals surface area contributed by atoms with Crippen molar-refractivity contribution in [3.8, 4) is 11.4 Å². The molecule has 9 heteroatoms. The van der Waals surface area contributed by atoms with Gasteiger partial charge in [0.15, 0.2) is 0 Å². The predicted octanol–water partition coefficient (Wildman–Crippen LogP) is 1.33. The van der Waals surface area contributed by atoms with Gasteiger partial charge in [0, 0.05) is 0 Å². The minimum absolute atomic E-state index is 0.0298. The number of nitrogens with zero attached hydrogens (tertiary/aromatic N) is 2. The summed E-state index contributed by atoms with van der Waals surface area (Å²) < 4.78 is 43.6. The first kappa shape index (κ1) is 24.3. The number of H-pyrrole nitrogens is 1. The summed E-state index contributed by atoms with van der Waals surface area (Å²) in [5, 5.41) is 9.07. The van der Waals surface area contributed by atoms with E-state index in [-0.39, 0.29) is 6.16 Å². The van der Waals surface area contributed by atoms with E-state index in [2.05, 4.69) is 10.2 Å². The summed E-state index contributed by atoms with van der Waals surface area (Å²) in [4.78, 5) is 4.70. The summed E-state index contributed by atoms with van der Waals surface area (Å²) in [6.07, 6.45) is -0.0298. The molecule has 0 fully saturated rings. The van der Waals surface area contributed by atoms with Crippen LogP contribution in [-0.4, -0.2) is 15.2 Å². The minimum atomic E-state index is -4.87. The van der Waals surface area contributed by atoms with E-state index >= 15 is 0 Å². The van der Waals surface area contributed by atoms with Crippen molar-refractivity contribution in [1.29, 1.82) is 0 Å². The summed E-state index contributed by atoms with van der Waals surface area (Å²) in [7, 11) is -4.87. The molecule has 0 aliphatic carbocycles. The van der Waals surface area contributed by atoms with Gasteiger partial charge in [0.2, 0.25) is 0 Å². The van der Waals surface area contributed by atoms with E-state index in [1.165, 1.54) is 0 Å². The third-order valence-electron chi connectivity index (χ3n) is 6.16. The molecular formula is C27H23ClN3O4P. The molecule has 5 rings (SSSR count). The quantitative estimate of drug-likeness (QED) is 0.309. The Labute approximate surface area is 210 Å². The van der Waals surface area contributed by atoms with Crippen molar-refractivity contribution in [2.45, 2.75) is 6.16 Å². The molecule has 0 unspecified atom stereocenters. The Bertz CT molecular complexity index is 1330. The van der Waals surface area contributed by atoms with Crippen LogP contribution in [0.15, 0.2) is 121 Å². The van der Waals surface area contributed by atoms with Crippen molar-refractivity contribution in [2.24, 2.45) is 0 Å². The first-order valence-electron chi connectivity index (χ1n) is 11.2. The standard InChI is InChI=1S/C27H23ClN3O4P/c32-28(33,34)35-36(23-15-7-2-8-16-23,24-17-9-3-10-18-24,25-19-11-4-12-20-25)21-26-29-27(31-30-26)22-13-5-1-6-14-22/h1-20H,21H2,(H,29,30,31). The van der Waals surface area contributed by atoms with Gasteiger partial charge in [-0.15, -0.1) is 0 Å². The number of nitrogens with one attached hydrogen (secondary N) is 1. The molecule has 0 radical (unpaired) electrons. The molecule has 1 heterocycles. The molecule has 7 nitrogen and oxygen atoms in total. The maximum atomic E-state index is 12.6. The zero-order valence-corrected chi connectivity index (χ0v) is 20.8. The number of aromatic amines is 1. The Hall–Kier alpha value is -3.42. The fourth-order valence-corrected chi connectivity index (χ4v) is 11.9. The number of benzene rings is 4. The van der Waals surface area contributed by atoms with Crippen LogP contribution in [0.5, 0.6) is 0 Å². The van der Waals surface area contributed by atoms with E-state index in [4.69, 9.17) is 9.06 Å². The Morgan fingerprint density at radius 2 is 1.06 bits per heavy atom. The molecule has 0 aliphatic rings. The Balaban J connectivity index is 1.85. The number of aromatic nitrogens is 3. The normalized spacial score (nSPS) is 13.1. The zero-order chi connectivity index (χ0) is 25.1. The van der Waals surface area contributed by atoms with Crippen LogP contribution in [0.1, 0.15) is 5.82 Å². The van der Waals surface area contributed by atoms with Crippen molar-refractivity contribution < 1.29 is 28.3 Å². The van der Waals surface area contributed by atoms with Gasteiger partial charge in [0.25, 0.3) is 0 Å². The third-order valence-corrected chi connectivity index (χ3v) is 13.1. The molecule has 1 aromatic heterocycles. The molecule has 0 aliphatic heterocycles. The van der Waals surface area contributed by atoms with Crippen LogP contribution in [0.3, 0.4) is 0 Å². The van der Waals surface area contributed by atoms with E-state index in [0.29, 0.717) is 27.6 Å². The fraction of sp³-hybridized carbons (Fsp3) is 0.0370. The van der Waals surface area contributed by atoms with E-state index in [1.807, 2.05) is 48.5 Å². The zero-order valence-electron chi connectivity index (χ0n) is 19.1. The van der Waals surface area contributed by atoms with Gasteiger partial charge < -0.3 is 0 Å². The molecule has 5 aromatic rings. The molecule has 36 heavy (non-hydrogen) atoms. The van der Waals surface area contributed by atoms with Crippen molar-refractivity contribution in [3.63, 3.8) is 0 Å². The van der Waals surface area contributed by atoms with Gasteiger partial charge in [-0.1, -0.05) is 0 Å². The molecule has 0 saturated carbocycles. The average Bonchev–Trinajstić information content (AvgIpc) is 3.38. The van der Waals surface area contributed by atoms with Gasteiger partial charge >= 0.3 is 211 Å². The van der Waals surface area contributed by atoms with E-state index in [9.17, 15) is 14.0 Å². The van der Waals surface area contributed by atoms with E-state index in [1.54, 1.807) is 72.8 Å². The van der Waals surface area contributed by atoms with Crippen molar-refractivity contribution in [3.05, 3.63) is 127 Å². The Morgan fingerprint density at radius 3 is 1.47 bits per heavy atom. The van der Waals surface area contributed by atoms with Crippen molar-refractivity contribution >= 4 is 22.7 Å². The SMILES string of the molecule is [O-][Cl+3]([O-])([O-])OP(Cc1nc(-c2ccccc2)n[nH]1)(c1ccccc1)(c1ccccc1)c1ccccc1.